The number of aliphatic hydroxyl groups is 1. The van der Waals surface area contributed by atoms with Crippen molar-refractivity contribution in [1.29, 1.82) is 0 Å². The molecule has 0 aliphatic heterocycles. The highest BCUT2D eigenvalue weighted by Crippen LogP contribution is 2.26. The third-order valence-electron chi connectivity index (χ3n) is 3.55. The van der Waals surface area contributed by atoms with E-state index >= 15 is 0 Å². The number of nitrogens with zero attached hydrogens (tertiary/aromatic N) is 3. The number of hydrogen-bond acceptors (Lipinski definition) is 5. The summed E-state index contributed by atoms with van der Waals surface area (Å²) in [5.74, 6) is 2.09. The molecule has 1 aromatic rings. The lowest BCUT2D eigenvalue weighted by Crippen LogP contribution is -2.29. The first kappa shape index (κ1) is 13.5. The van der Waals surface area contributed by atoms with Crippen LogP contribution >= 0.6 is 0 Å². The molecule has 18 heavy (non-hydrogen) atoms. The van der Waals surface area contributed by atoms with Gasteiger partial charge in [-0.05, 0) is 25.8 Å². The first-order valence-corrected chi connectivity index (χ1v) is 6.75. The Hall–Kier alpha value is -0.940. The number of rotatable bonds is 5. The fourth-order valence-electron chi connectivity index (χ4n) is 2.50. The zero-order valence-electron chi connectivity index (χ0n) is 11.5. The maximum Gasteiger partial charge on any atom is 0.229 e. The normalized spacial score (nSPS) is 24.3. The minimum Gasteiger partial charge on any atom is -0.393 e. The van der Waals surface area contributed by atoms with Crippen LogP contribution in [-0.4, -0.2) is 39.8 Å². The van der Waals surface area contributed by atoms with E-state index in [0.717, 1.165) is 31.6 Å². The molecular weight excluding hydrogens is 230 g/mol. The zero-order chi connectivity index (χ0) is 13.1. The highest BCUT2D eigenvalue weighted by Gasteiger charge is 2.26. The number of hydrogen-bond donors (Lipinski definition) is 1. The van der Waals surface area contributed by atoms with Crippen molar-refractivity contribution in [3.8, 4) is 0 Å². The number of aromatic nitrogens is 2. The molecule has 0 bridgehead atoms. The summed E-state index contributed by atoms with van der Waals surface area (Å²) in [7, 11) is 2.04. The largest absolute Gasteiger partial charge is 0.393 e. The minimum absolute atomic E-state index is 0.135. The third kappa shape index (κ3) is 3.29. The number of aliphatic hydroxyl groups excluding tert-OH is 1. The lowest BCUT2D eigenvalue weighted by atomic mass is 10.1. The molecule has 2 rings (SSSR count). The van der Waals surface area contributed by atoms with Gasteiger partial charge in [-0.3, -0.25) is 4.90 Å². The molecule has 1 aliphatic rings. The predicted molar refractivity (Wildman–Crippen MR) is 68.1 cm³/mol. The van der Waals surface area contributed by atoms with Crippen LogP contribution in [0.3, 0.4) is 0 Å². The van der Waals surface area contributed by atoms with Gasteiger partial charge in [0.2, 0.25) is 5.89 Å². The molecule has 2 atom stereocenters. The Morgan fingerprint density at radius 3 is 2.78 bits per heavy atom. The Kier molecular flexibility index (Phi) is 4.35. The second-order valence-electron chi connectivity index (χ2n) is 5.66. The van der Waals surface area contributed by atoms with Crippen LogP contribution in [0.4, 0.5) is 0 Å². The third-order valence-corrected chi connectivity index (χ3v) is 3.55. The average molecular weight is 253 g/mol. The summed E-state index contributed by atoms with van der Waals surface area (Å²) in [6, 6.07) is 0. The van der Waals surface area contributed by atoms with Gasteiger partial charge in [-0.2, -0.15) is 4.98 Å². The fourth-order valence-corrected chi connectivity index (χ4v) is 2.50. The van der Waals surface area contributed by atoms with Crippen LogP contribution in [0, 0.1) is 5.92 Å². The van der Waals surface area contributed by atoms with E-state index in [1.807, 2.05) is 20.9 Å². The Morgan fingerprint density at radius 1 is 1.44 bits per heavy atom. The second kappa shape index (κ2) is 5.80. The standard InChI is InChI=1S/C13H23N3O2/c1-9(2)13-14-12(15-18-13)8-16(3)7-10-5-4-6-11(10)17/h9-11,17H,4-8H2,1-3H3. The zero-order valence-corrected chi connectivity index (χ0v) is 11.5. The molecule has 1 aromatic heterocycles. The summed E-state index contributed by atoms with van der Waals surface area (Å²) >= 11 is 0. The molecule has 2 unspecified atom stereocenters. The van der Waals surface area contributed by atoms with E-state index < -0.39 is 0 Å². The maximum atomic E-state index is 9.80. The molecule has 0 spiro atoms. The van der Waals surface area contributed by atoms with E-state index in [1.54, 1.807) is 0 Å². The predicted octanol–water partition coefficient (Wildman–Crippen LogP) is 1.79. The molecule has 0 saturated heterocycles. The quantitative estimate of drug-likeness (QED) is 0.866. The van der Waals surface area contributed by atoms with Gasteiger partial charge in [0.1, 0.15) is 0 Å². The molecule has 5 nitrogen and oxygen atoms in total. The Bertz CT molecular complexity index is 378. The van der Waals surface area contributed by atoms with E-state index in [4.69, 9.17) is 4.52 Å². The van der Waals surface area contributed by atoms with Crippen LogP contribution < -0.4 is 0 Å². The van der Waals surface area contributed by atoms with Crippen molar-refractivity contribution < 1.29 is 9.63 Å². The van der Waals surface area contributed by atoms with Gasteiger partial charge < -0.3 is 9.63 Å². The van der Waals surface area contributed by atoms with Gasteiger partial charge in [-0.25, -0.2) is 0 Å². The average Bonchev–Trinajstić information content (AvgIpc) is 2.89. The van der Waals surface area contributed by atoms with Gasteiger partial charge in [-0.15, -0.1) is 0 Å². The van der Waals surface area contributed by atoms with Crippen molar-refractivity contribution >= 4 is 0 Å². The Morgan fingerprint density at radius 2 is 2.22 bits per heavy atom. The van der Waals surface area contributed by atoms with Gasteiger partial charge in [0.05, 0.1) is 12.6 Å². The van der Waals surface area contributed by atoms with Crippen LogP contribution in [0.15, 0.2) is 4.52 Å². The Labute approximate surface area is 108 Å². The van der Waals surface area contributed by atoms with E-state index in [1.165, 1.54) is 0 Å². The van der Waals surface area contributed by atoms with E-state index in [0.29, 0.717) is 18.4 Å². The molecule has 0 amide bonds. The summed E-state index contributed by atoms with van der Waals surface area (Å²) in [6.07, 6.45) is 3.07. The van der Waals surface area contributed by atoms with Crippen LogP contribution in [0.1, 0.15) is 50.7 Å². The highest BCUT2D eigenvalue weighted by molar-refractivity contribution is 4.91. The monoisotopic (exact) mass is 253 g/mol. The molecule has 1 aliphatic carbocycles. The van der Waals surface area contributed by atoms with Crippen molar-refractivity contribution in [1.82, 2.24) is 15.0 Å². The molecular formula is C13H23N3O2. The van der Waals surface area contributed by atoms with E-state index in [-0.39, 0.29) is 12.0 Å². The molecule has 102 valence electrons. The van der Waals surface area contributed by atoms with Gasteiger partial charge >= 0.3 is 0 Å². The smallest absolute Gasteiger partial charge is 0.229 e. The molecule has 1 N–H and O–H groups in total. The summed E-state index contributed by atoms with van der Waals surface area (Å²) in [4.78, 5) is 6.52. The molecule has 1 fully saturated rings. The SMILES string of the molecule is CC(C)c1nc(CN(C)CC2CCCC2O)no1. The first-order chi connectivity index (χ1) is 8.56. The van der Waals surface area contributed by atoms with E-state index in [9.17, 15) is 5.11 Å². The topological polar surface area (TPSA) is 62.4 Å². The van der Waals surface area contributed by atoms with Crippen molar-refractivity contribution in [2.24, 2.45) is 5.92 Å². The van der Waals surface area contributed by atoms with Crippen LogP contribution in [0.25, 0.3) is 0 Å². The second-order valence-corrected chi connectivity index (χ2v) is 5.66. The van der Waals surface area contributed by atoms with Gasteiger partial charge in [0, 0.05) is 12.5 Å². The van der Waals surface area contributed by atoms with Gasteiger partial charge in [0.25, 0.3) is 0 Å². The van der Waals surface area contributed by atoms with Crippen LogP contribution in [0.2, 0.25) is 0 Å². The fraction of sp³-hybridized carbons (Fsp3) is 0.846. The van der Waals surface area contributed by atoms with Crippen LogP contribution in [0.5, 0.6) is 0 Å². The van der Waals surface area contributed by atoms with Crippen molar-refractivity contribution in [2.45, 2.75) is 51.7 Å². The van der Waals surface area contributed by atoms with Crippen molar-refractivity contribution in [3.05, 3.63) is 11.7 Å². The lowest BCUT2D eigenvalue weighted by molar-refractivity contribution is 0.107. The minimum atomic E-state index is -0.135. The van der Waals surface area contributed by atoms with Gasteiger partial charge in [-0.1, -0.05) is 25.4 Å². The summed E-state index contributed by atoms with van der Waals surface area (Å²) < 4.78 is 5.18. The maximum absolute atomic E-state index is 9.80. The molecule has 0 aromatic carbocycles. The van der Waals surface area contributed by atoms with Gasteiger partial charge in [0.15, 0.2) is 5.82 Å². The van der Waals surface area contributed by atoms with Crippen molar-refractivity contribution in [3.63, 3.8) is 0 Å². The summed E-state index contributed by atoms with van der Waals surface area (Å²) in [6.45, 7) is 5.65. The lowest BCUT2D eigenvalue weighted by Gasteiger charge is -2.21. The summed E-state index contributed by atoms with van der Waals surface area (Å²) in [5, 5.41) is 13.8. The molecule has 0 radical (unpaired) electrons. The molecule has 1 heterocycles. The van der Waals surface area contributed by atoms with Crippen molar-refractivity contribution in [2.75, 3.05) is 13.6 Å². The van der Waals surface area contributed by atoms with Crippen LogP contribution in [-0.2, 0) is 6.54 Å². The molecule has 5 heteroatoms. The van der Waals surface area contributed by atoms with E-state index in [2.05, 4.69) is 15.0 Å². The Balaban J connectivity index is 1.84. The summed E-state index contributed by atoms with van der Waals surface area (Å²) in [5.41, 5.74) is 0. The highest BCUT2D eigenvalue weighted by atomic mass is 16.5. The first-order valence-electron chi connectivity index (χ1n) is 6.75. The molecule has 1 saturated carbocycles.